The van der Waals surface area contributed by atoms with Crippen LogP contribution in [0, 0.1) is 5.41 Å². The molecule has 0 saturated carbocycles. The van der Waals surface area contributed by atoms with Crippen LogP contribution in [0.25, 0.3) is 0 Å². The lowest BCUT2D eigenvalue weighted by Gasteiger charge is -2.17. The highest BCUT2D eigenvalue weighted by Crippen LogP contribution is 2.23. The van der Waals surface area contributed by atoms with Crippen molar-refractivity contribution >= 4 is 35.3 Å². The standard InChI is InChI=1S/C15H21NO3S.ClH/c1-15(2,3)14(18)20-10-12(16)13(17)19-9-11-7-5-4-6-8-11;/h4-8,12H,9-10,16H2,1-3H3;1H. The molecule has 0 aliphatic rings. The van der Waals surface area contributed by atoms with E-state index in [9.17, 15) is 9.59 Å². The first-order valence-electron chi connectivity index (χ1n) is 6.44. The van der Waals surface area contributed by atoms with Gasteiger partial charge in [-0.15, -0.1) is 12.4 Å². The Morgan fingerprint density at radius 2 is 1.81 bits per heavy atom. The summed E-state index contributed by atoms with van der Waals surface area (Å²) in [7, 11) is 0. The first-order chi connectivity index (χ1) is 9.30. The number of nitrogens with two attached hydrogens (primary N) is 1. The Kier molecular flexibility index (Phi) is 8.63. The van der Waals surface area contributed by atoms with Gasteiger partial charge in [0.1, 0.15) is 12.6 Å². The van der Waals surface area contributed by atoms with Crippen molar-refractivity contribution in [2.75, 3.05) is 5.75 Å². The fraction of sp³-hybridized carbons (Fsp3) is 0.467. The molecule has 118 valence electrons. The third kappa shape index (κ3) is 7.50. The Bertz CT molecular complexity index is 460. The summed E-state index contributed by atoms with van der Waals surface area (Å²) < 4.78 is 5.12. The van der Waals surface area contributed by atoms with Gasteiger partial charge in [-0.25, -0.2) is 0 Å². The van der Waals surface area contributed by atoms with Crippen molar-refractivity contribution < 1.29 is 14.3 Å². The average Bonchev–Trinajstić information content (AvgIpc) is 2.41. The van der Waals surface area contributed by atoms with Crippen molar-refractivity contribution in [3.8, 4) is 0 Å². The maximum atomic E-state index is 11.7. The zero-order chi connectivity index (χ0) is 15.2. The molecule has 0 aromatic heterocycles. The van der Waals surface area contributed by atoms with E-state index in [-0.39, 0.29) is 29.9 Å². The number of thioether (sulfide) groups is 1. The molecule has 1 aromatic carbocycles. The molecule has 0 saturated heterocycles. The van der Waals surface area contributed by atoms with Crippen LogP contribution in [0.5, 0.6) is 0 Å². The second kappa shape index (κ2) is 9.07. The van der Waals surface area contributed by atoms with Gasteiger partial charge in [0.2, 0.25) is 0 Å². The highest BCUT2D eigenvalue weighted by atomic mass is 35.5. The maximum absolute atomic E-state index is 11.7. The van der Waals surface area contributed by atoms with Crippen LogP contribution in [0.3, 0.4) is 0 Å². The molecule has 0 amide bonds. The number of halogens is 1. The van der Waals surface area contributed by atoms with Crippen molar-refractivity contribution in [1.29, 1.82) is 0 Å². The van der Waals surface area contributed by atoms with E-state index in [1.807, 2.05) is 51.1 Å². The van der Waals surface area contributed by atoms with E-state index in [1.54, 1.807) is 0 Å². The highest BCUT2D eigenvalue weighted by Gasteiger charge is 2.24. The summed E-state index contributed by atoms with van der Waals surface area (Å²) in [6, 6.07) is 8.61. The third-order valence-electron chi connectivity index (χ3n) is 2.53. The number of hydrogen-bond donors (Lipinski definition) is 1. The van der Waals surface area contributed by atoms with Crippen molar-refractivity contribution in [3.05, 3.63) is 35.9 Å². The van der Waals surface area contributed by atoms with Crippen LogP contribution in [0.4, 0.5) is 0 Å². The summed E-state index contributed by atoms with van der Waals surface area (Å²) >= 11 is 1.08. The smallest absolute Gasteiger partial charge is 0.324 e. The van der Waals surface area contributed by atoms with Crippen molar-refractivity contribution in [2.24, 2.45) is 11.1 Å². The number of rotatable bonds is 5. The second-order valence-corrected chi connectivity index (χ2v) is 6.54. The lowest BCUT2D eigenvalue weighted by Crippen LogP contribution is -2.35. The minimum Gasteiger partial charge on any atom is -0.460 e. The van der Waals surface area contributed by atoms with Crippen LogP contribution in [0.2, 0.25) is 0 Å². The van der Waals surface area contributed by atoms with Gasteiger partial charge in [-0.1, -0.05) is 62.9 Å². The molecule has 0 radical (unpaired) electrons. The monoisotopic (exact) mass is 331 g/mol. The zero-order valence-corrected chi connectivity index (χ0v) is 14.1. The fourth-order valence-electron chi connectivity index (χ4n) is 1.29. The zero-order valence-electron chi connectivity index (χ0n) is 12.5. The van der Waals surface area contributed by atoms with Gasteiger partial charge in [0.05, 0.1) is 0 Å². The quantitative estimate of drug-likeness (QED) is 0.840. The molecular formula is C15H22ClNO3S. The van der Waals surface area contributed by atoms with E-state index in [0.717, 1.165) is 17.3 Å². The van der Waals surface area contributed by atoms with Gasteiger partial charge < -0.3 is 10.5 Å². The van der Waals surface area contributed by atoms with E-state index >= 15 is 0 Å². The topological polar surface area (TPSA) is 69.4 Å². The maximum Gasteiger partial charge on any atom is 0.324 e. The van der Waals surface area contributed by atoms with Crippen LogP contribution in [0.1, 0.15) is 26.3 Å². The minimum atomic E-state index is -0.782. The van der Waals surface area contributed by atoms with E-state index in [0.29, 0.717) is 0 Å². The Balaban J connectivity index is 0.00000400. The van der Waals surface area contributed by atoms with Gasteiger partial charge in [0, 0.05) is 11.2 Å². The summed E-state index contributed by atoms with van der Waals surface area (Å²) in [6.07, 6.45) is 0. The summed E-state index contributed by atoms with van der Waals surface area (Å²) in [5.41, 5.74) is 6.20. The summed E-state index contributed by atoms with van der Waals surface area (Å²) in [6.45, 7) is 5.70. The lowest BCUT2D eigenvalue weighted by atomic mass is 10.00. The molecule has 1 aromatic rings. The van der Waals surface area contributed by atoms with Crippen molar-refractivity contribution in [2.45, 2.75) is 33.4 Å². The largest absolute Gasteiger partial charge is 0.460 e. The number of carbonyl (C=O) groups excluding carboxylic acids is 2. The average molecular weight is 332 g/mol. The van der Waals surface area contributed by atoms with Gasteiger partial charge in [0.25, 0.3) is 0 Å². The van der Waals surface area contributed by atoms with Gasteiger partial charge in [-0.2, -0.15) is 0 Å². The molecule has 0 aliphatic carbocycles. The van der Waals surface area contributed by atoms with Gasteiger partial charge in [-0.05, 0) is 5.56 Å². The molecule has 2 N–H and O–H groups in total. The predicted molar refractivity (Wildman–Crippen MR) is 88.4 cm³/mol. The number of benzene rings is 1. The van der Waals surface area contributed by atoms with Crippen LogP contribution < -0.4 is 5.73 Å². The SMILES string of the molecule is CC(C)(C)C(=O)SCC(N)C(=O)OCc1ccccc1.Cl. The molecule has 0 fully saturated rings. The Hall–Kier alpha value is -1.04. The number of esters is 1. The number of hydrogen-bond acceptors (Lipinski definition) is 5. The van der Waals surface area contributed by atoms with Crippen LogP contribution in [-0.4, -0.2) is 22.9 Å². The van der Waals surface area contributed by atoms with E-state index < -0.39 is 17.4 Å². The van der Waals surface area contributed by atoms with Crippen molar-refractivity contribution in [3.63, 3.8) is 0 Å². The molecule has 0 spiro atoms. The molecule has 0 aliphatic heterocycles. The van der Waals surface area contributed by atoms with Gasteiger partial charge >= 0.3 is 5.97 Å². The third-order valence-corrected chi connectivity index (χ3v) is 3.93. The fourth-order valence-corrected chi connectivity index (χ4v) is 2.19. The predicted octanol–water partition coefficient (Wildman–Crippen LogP) is 2.78. The summed E-state index contributed by atoms with van der Waals surface area (Å²) in [4.78, 5) is 23.4. The summed E-state index contributed by atoms with van der Waals surface area (Å²) in [5.74, 6) is -0.243. The highest BCUT2D eigenvalue weighted by molar-refractivity contribution is 8.13. The molecule has 1 rings (SSSR count). The molecule has 0 heterocycles. The first-order valence-corrected chi connectivity index (χ1v) is 7.42. The minimum absolute atomic E-state index is 0. The Labute approximate surface area is 136 Å². The first kappa shape index (κ1) is 20.0. The van der Waals surface area contributed by atoms with Gasteiger partial charge in [-0.3, -0.25) is 9.59 Å². The van der Waals surface area contributed by atoms with Crippen LogP contribution >= 0.6 is 24.2 Å². The second-order valence-electron chi connectivity index (χ2n) is 5.55. The normalized spacial score (nSPS) is 12.2. The molecular weight excluding hydrogens is 310 g/mol. The van der Waals surface area contributed by atoms with Crippen LogP contribution in [0.15, 0.2) is 30.3 Å². The van der Waals surface area contributed by atoms with Crippen LogP contribution in [-0.2, 0) is 20.9 Å². The number of carbonyl (C=O) groups is 2. The van der Waals surface area contributed by atoms with Gasteiger partial charge in [0.15, 0.2) is 5.12 Å². The molecule has 21 heavy (non-hydrogen) atoms. The molecule has 1 atom stereocenters. The Morgan fingerprint density at radius 1 is 1.24 bits per heavy atom. The summed E-state index contributed by atoms with van der Waals surface area (Å²) in [5, 5.41) is 0.0174. The van der Waals surface area contributed by atoms with E-state index in [1.165, 1.54) is 0 Å². The molecule has 6 heteroatoms. The van der Waals surface area contributed by atoms with E-state index in [4.69, 9.17) is 10.5 Å². The molecule has 4 nitrogen and oxygen atoms in total. The van der Waals surface area contributed by atoms with Crippen molar-refractivity contribution in [1.82, 2.24) is 0 Å². The molecule has 0 bridgehead atoms. The Morgan fingerprint density at radius 3 is 2.33 bits per heavy atom. The lowest BCUT2D eigenvalue weighted by molar-refractivity contribution is -0.145. The number of ether oxygens (including phenoxy) is 1. The molecule has 1 unspecified atom stereocenters. The van der Waals surface area contributed by atoms with E-state index in [2.05, 4.69) is 0 Å².